The molecule has 1 aromatic heterocycles. The molecule has 2 rings (SSSR count). The first-order chi connectivity index (χ1) is 9.70. The van der Waals surface area contributed by atoms with E-state index < -0.39 is 0 Å². The summed E-state index contributed by atoms with van der Waals surface area (Å²) in [5, 5.41) is 8.77. The van der Waals surface area contributed by atoms with Crippen molar-refractivity contribution in [1.29, 1.82) is 0 Å². The number of nitrogens with zero attached hydrogens (tertiary/aromatic N) is 4. The van der Waals surface area contributed by atoms with Crippen LogP contribution >= 0.6 is 11.8 Å². The molecule has 1 heterocycles. The predicted molar refractivity (Wildman–Crippen MR) is 77.6 cm³/mol. The van der Waals surface area contributed by atoms with Crippen molar-refractivity contribution in [2.45, 2.75) is 31.0 Å². The molecule has 6 nitrogen and oxygen atoms in total. The monoisotopic (exact) mass is 298 g/mol. The van der Waals surface area contributed by atoms with E-state index in [1.165, 1.54) is 24.6 Å². The maximum Gasteiger partial charge on any atom is 0.232 e. The molecule has 0 radical (unpaired) electrons. The van der Waals surface area contributed by atoms with E-state index in [0.29, 0.717) is 12.4 Å². The first-order valence-electron chi connectivity index (χ1n) is 6.94. The maximum absolute atomic E-state index is 12.0. The van der Waals surface area contributed by atoms with Crippen molar-refractivity contribution in [3.8, 4) is 0 Å². The van der Waals surface area contributed by atoms with Gasteiger partial charge in [0.15, 0.2) is 5.16 Å². The number of hydrogen-bond donors (Lipinski definition) is 0. The summed E-state index contributed by atoms with van der Waals surface area (Å²) in [7, 11) is 3.57. The Bertz CT molecular complexity index is 434. The van der Waals surface area contributed by atoms with Gasteiger partial charge in [-0.2, -0.15) is 0 Å². The normalized spacial score (nSPS) is 14.5. The van der Waals surface area contributed by atoms with E-state index in [9.17, 15) is 4.79 Å². The number of aryl methyl sites for hydroxylation is 1. The van der Waals surface area contributed by atoms with E-state index in [-0.39, 0.29) is 5.91 Å². The SMILES string of the molecule is COCCCn1cnnc1SCC(=O)N(C)CC1CC1. The van der Waals surface area contributed by atoms with E-state index in [1.807, 2.05) is 16.5 Å². The minimum atomic E-state index is 0.161. The summed E-state index contributed by atoms with van der Waals surface area (Å²) in [5.74, 6) is 1.31. The van der Waals surface area contributed by atoms with Crippen LogP contribution in [0.5, 0.6) is 0 Å². The molecule has 1 aliphatic carbocycles. The van der Waals surface area contributed by atoms with Gasteiger partial charge in [0.1, 0.15) is 6.33 Å². The third-order valence-electron chi connectivity index (χ3n) is 3.31. The first-order valence-corrected chi connectivity index (χ1v) is 7.92. The molecule has 20 heavy (non-hydrogen) atoms. The Hall–Kier alpha value is -1.08. The van der Waals surface area contributed by atoms with Crippen LogP contribution in [-0.2, 0) is 16.1 Å². The summed E-state index contributed by atoms with van der Waals surface area (Å²) in [6.45, 7) is 2.42. The molecule has 112 valence electrons. The summed E-state index contributed by atoms with van der Waals surface area (Å²) in [5.41, 5.74) is 0. The molecule has 1 fully saturated rings. The Kier molecular flexibility index (Phi) is 5.85. The Balaban J connectivity index is 1.74. The molecule has 7 heteroatoms. The van der Waals surface area contributed by atoms with Gasteiger partial charge < -0.3 is 14.2 Å². The summed E-state index contributed by atoms with van der Waals surface area (Å²) < 4.78 is 7.00. The van der Waals surface area contributed by atoms with E-state index in [1.54, 1.807) is 13.4 Å². The number of rotatable bonds is 9. The second-order valence-corrected chi connectivity index (χ2v) is 6.10. The number of ether oxygens (including phenoxy) is 1. The van der Waals surface area contributed by atoms with Gasteiger partial charge in [-0.1, -0.05) is 11.8 Å². The van der Waals surface area contributed by atoms with E-state index in [0.717, 1.165) is 30.6 Å². The van der Waals surface area contributed by atoms with Gasteiger partial charge >= 0.3 is 0 Å². The van der Waals surface area contributed by atoms with E-state index >= 15 is 0 Å². The third kappa shape index (κ3) is 4.79. The Labute approximate surface area is 123 Å². The molecule has 0 spiro atoms. The van der Waals surface area contributed by atoms with Crippen LogP contribution in [0.3, 0.4) is 0 Å². The zero-order valence-electron chi connectivity index (χ0n) is 12.1. The average Bonchev–Trinajstić information content (AvgIpc) is 3.14. The molecule has 1 saturated carbocycles. The summed E-state index contributed by atoms with van der Waals surface area (Å²) in [4.78, 5) is 13.8. The number of thioether (sulfide) groups is 1. The van der Waals surface area contributed by atoms with Crippen molar-refractivity contribution in [3.05, 3.63) is 6.33 Å². The Morgan fingerprint density at radius 2 is 2.40 bits per heavy atom. The average molecular weight is 298 g/mol. The van der Waals surface area contributed by atoms with Crippen molar-refractivity contribution in [2.24, 2.45) is 5.92 Å². The summed E-state index contributed by atoms with van der Waals surface area (Å²) in [6, 6.07) is 0. The van der Waals surface area contributed by atoms with Gasteiger partial charge in [-0.05, 0) is 25.2 Å². The standard InChI is InChI=1S/C13H22N4O2S/c1-16(8-11-4-5-11)12(18)9-20-13-15-14-10-17(13)6-3-7-19-2/h10-11H,3-9H2,1-2H3. The van der Waals surface area contributed by atoms with E-state index in [4.69, 9.17) is 4.74 Å². The summed E-state index contributed by atoms with van der Waals surface area (Å²) in [6.07, 6.45) is 5.14. The molecule has 0 atom stereocenters. The van der Waals surface area contributed by atoms with Crippen molar-refractivity contribution in [1.82, 2.24) is 19.7 Å². The lowest BCUT2D eigenvalue weighted by Crippen LogP contribution is -2.30. The molecule has 0 aromatic carbocycles. The molecular weight excluding hydrogens is 276 g/mol. The van der Waals surface area contributed by atoms with Gasteiger partial charge in [0.25, 0.3) is 0 Å². The first kappa shape index (κ1) is 15.3. The van der Waals surface area contributed by atoms with Crippen LogP contribution in [0.2, 0.25) is 0 Å². The molecule has 0 bridgehead atoms. The van der Waals surface area contributed by atoms with Gasteiger partial charge in [0.05, 0.1) is 5.75 Å². The van der Waals surface area contributed by atoms with Crippen LogP contribution in [0, 0.1) is 5.92 Å². The smallest absolute Gasteiger partial charge is 0.232 e. The van der Waals surface area contributed by atoms with Crippen LogP contribution in [0.1, 0.15) is 19.3 Å². The fourth-order valence-corrected chi connectivity index (χ4v) is 2.80. The molecule has 0 N–H and O–H groups in total. The minimum absolute atomic E-state index is 0.161. The van der Waals surface area contributed by atoms with E-state index in [2.05, 4.69) is 10.2 Å². The molecule has 0 unspecified atom stereocenters. The van der Waals surface area contributed by atoms with Gasteiger partial charge in [-0.25, -0.2) is 0 Å². The minimum Gasteiger partial charge on any atom is -0.385 e. The number of aromatic nitrogens is 3. The molecule has 1 amide bonds. The van der Waals surface area contributed by atoms with Crippen molar-refractivity contribution < 1.29 is 9.53 Å². The van der Waals surface area contributed by atoms with Gasteiger partial charge in [0, 0.05) is 33.9 Å². The molecule has 1 aromatic rings. The second-order valence-electron chi connectivity index (χ2n) is 5.16. The van der Waals surface area contributed by atoms with Crippen LogP contribution in [0.4, 0.5) is 0 Å². The van der Waals surface area contributed by atoms with Crippen LogP contribution in [0.15, 0.2) is 11.5 Å². The lowest BCUT2D eigenvalue weighted by atomic mass is 10.4. The molecular formula is C13H22N4O2S. The quantitative estimate of drug-likeness (QED) is 0.507. The lowest BCUT2D eigenvalue weighted by molar-refractivity contribution is -0.127. The summed E-state index contributed by atoms with van der Waals surface area (Å²) >= 11 is 1.45. The van der Waals surface area contributed by atoms with Crippen molar-refractivity contribution in [3.63, 3.8) is 0 Å². The zero-order chi connectivity index (χ0) is 14.4. The van der Waals surface area contributed by atoms with Crippen molar-refractivity contribution >= 4 is 17.7 Å². The van der Waals surface area contributed by atoms with Gasteiger partial charge in [-0.3, -0.25) is 4.79 Å². The topological polar surface area (TPSA) is 60.2 Å². The second kappa shape index (κ2) is 7.64. The van der Waals surface area contributed by atoms with Crippen molar-refractivity contribution in [2.75, 3.05) is 33.1 Å². The Morgan fingerprint density at radius 3 is 3.10 bits per heavy atom. The van der Waals surface area contributed by atoms with Gasteiger partial charge in [-0.15, -0.1) is 10.2 Å². The molecule has 0 saturated heterocycles. The highest BCUT2D eigenvalue weighted by Crippen LogP contribution is 2.29. The fraction of sp³-hybridized carbons (Fsp3) is 0.769. The fourth-order valence-electron chi connectivity index (χ4n) is 1.91. The molecule has 0 aliphatic heterocycles. The lowest BCUT2D eigenvalue weighted by Gasteiger charge is -2.16. The highest BCUT2D eigenvalue weighted by atomic mass is 32.2. The van der Waals surface area contributed by atoms with Gasteiger partial charge in [0.2, 0.25) is 5.91 Å². The highest BCUT2D eigenvalue weighted by molar-refractivity contribution is 7.99. The maximum atomic E-state index is 12.0. The van der Waals surface area contributed by atoms with Crippen LogP contribution < -0.4 is 0 Å². The number of hydrogen-bond acceptors (Lipinski definition) is 5. The van der Waals surface area contributed by atoms with Crippen LogP contribution in [0.25, 0.3) is 0 Å². The van der Waals surface area contributed by atoms with Crippen LogP contribution in [-0.4, -0.2) is 58.6 Å². The predicted octanol–water partition coefficient (Wildman–Crippen LogP) is 1.28. The number of carbonyl (C=O) groups excluding carboxylic acids is 1. The largest absolute Gasteiger partial charge is 0.385 e. The molecule has 1 aliphatic rings. The number of methoxy groups -OCH3 is 1. The Morgan fingerprint density at radius 1 is 1.60 bits per heavy atom. The number of carbonyl (C=O) groups is 1. The number of amides is 1. The zero-order valence-corrected chi connectivity index (χ0v) is 12.9. The highest BCUT2D eigenvalue weighted by Gasteiger charge is 2.24. The third-order valence-corrected chi connectivity index (χ3v) is 4.27.